The molecule has 0 aliphatic rings. The Labute approximate surface area is 179 Å². The Kier molecular flexibility index (Phi) is 7.89. The van der Waals surface area contributed by atoms with Crippen molar-refractivity contribution in [3.05, 3.63) is 53.6 Å². The number of carbonyl (C=O) groups is 4. The van der Waals surface area contributed by atoms with E-state index in [1.165, 1.54) is 6.92 Å². The molecule has 10 heteroatoms. The zero-order valence-corrected chi connectivity index (χ0v) is 17.9. The van der Waals surface area contributed by atoms with E-state index in [1.54, 1.807) is 20.8 Å². The minimum atomic E-state index is -0.967. The molecule has 0 radical (unpaired) electrons. The van der Waals surface area contributed by atoms with E-state index in [9.17, 15) is 19.2 Å². The zero-order valence-electron chi connectivity index (χ0n) is 17.9. The first-order valence-corrected chi connectivity index (χ1v) is 9.61. The van der Waals surface area contributed by atoms with Crippen LogP contribution >= 0.6 is 0 Å². The summed E-state index contributed by atoms with van der Waals surface area (Å²) in [7, 11) is 0. The van der Waals surface area contributed by atoms with Gasteiger partial charge in [0.15, 0.2) is 5.69 Å². The van der Waals surface area contributed by atoms with Crippen LogP contribution in [0.15, 0.2) is 36.7 Å². The highest BCUT2D eigenvalue weighted by atomic mass is 16.6. The maximum atomic E-state index is 12.5. The van der Waals surface area contributed by atoms with E-state index in [0.29, 0.717) is 0 Å². The molecule has 0 bridgehead atoms. The Bertz CT molecular complexity index is 933. The number of aromatic nitrogens is 2. The Morgan fingerprint density at radius 1 is 1.10 bits per heavy atom. The lowest BCUT2D eigenvalue weighted by Gasteiger charge is -2.19. The molecule has 2 rings (SSSR count). The van der Waals surface area contributed by atoms with Crippen LogP contribution < -0.4 is 10.6 Å². The van der Waals surface area contributed by atoms with Crippen molar-refractivity contribution in [3.63, 3.8) is 0 Å². The van der Waals surface area contributed by atoms with Crippen LogP contribution in [-0.4, -0.2) is 51.9 Å². The number of benzene rings is 1. The molecule has 10 nitrogen and oxygen atoms in total. The summed E-state index contributed by atoms with van der Waals surface area (Å²) in [5, 5.41) is 4.80. The zero-order chi connectivity index (χ0) is 23.0. The van der Waals surface area contributed by atoms with Gasteiger partial charge in [-0.3, -0.25) is 14.4 Å². The van der Waals surface area contributed by atoms with Gasteiger partial charge >= 0.3 is 11.9 Å². The third-order valence-corrected chi connectivity index (χ3v) is 3.82. The lowest BCUT2D eigenvalue weighted by molar-refractivity contribution is -0.153. The molecule has 31 heavy (non-hydrogen) atoms. The summed E-state index contributed by atoms with van der Waals surface area (Å²) in [5.74, 6) is -2.72. The Morgan fingerprint density at radius 3 is 2.42 bits per heavy atom. The van der Waals surface area contributed by atoms with Crippen LogP contribution in [0.3, 0.4) is 0 Å². The van der Waals surface area contributed by atoms with Gasteiger partial charge in [-0.05, 0) is 33.3 Å². The van der Waals surface area contributed by atoms with Crippen molar-refractivity contribution < 1.29 is 28.7 Å². The van der Waals surface area contributed by atoms with Gasteiger partial charge in [0.05, 0.1) is 6.33 Å². The van der Waals surface area contributed by atoms with Crippen LogP contribution in [-0.2, 0) is 25.7 Å². The molecular weight excluding hydrogens is 404 g/mol. The third kappa shape index (κ3) is 7.57. The van der Waals surface area contributed by atoms with Crippen LogP contribution in [0.1, 0.15) is 54.2 Å². The van der Waals surface area contributed by atoms with Crippen molar-refractivity contribution in [2.24, 2.45) is 0 Å². The molecule has 0 fully saturated rings. The van der Waals surface area contributed by atoms with Gasteiger partial charge in [0, 0.05) is 0 Å². The average molecular weight is 430 g/mol. The number of imidazole rings is 1. The molecule has 0 aliphatic carbocycles. The Hall–Kier alpha value is -3.69. The van der Waals surface area contributed by atoms with Crippen molar-refractivity contribution in [2.45, 2.75) is 45.9 Å². The molecule has 1 aromatic heterocycles. The predicted octanol–water partition coefficient (Wildman–Crippen LogP) is 1.34. The van der Waals surface area contributed by atoms with E-state index < -0.39 is 35.4 Å². The topological polar surface area (TPSA) is 139 Å². The number of hydrogen-bond donors (Lipinski definition) is 3. The lowest BCUT2D eigenvalue weighted by atomic mass is 10.2. The van der Waals surface area contributed by atoms with Crippen molar-refractivity contribution in [1.82, 2.24) is 20.6 Å². The number of nitrogens with one attached hydrogen (secondary N) is 3. The summed E-state index contributed by atoms with van der Waals surface area (Å²) < 4.78 is 10.3. The maximum Gasteiger partial charge on any atom is 0.328 e. The number of amides is 2. The molecule has 166 valence electrons. The summed E-state index contributed by atoms with van der Waals surface area (Å²) in [6, 6.07) is 8.14. The molecule has 1 aromatic carbocycles. The van der Waals surface area contributed by atoms with E-state index in [1.807, 2.05) is 30.3 Å². The second-order valence-corrected chi connectivity index (χ2v) is 7.68. The molecule has 1 heterocycles. The third-order valence-electron chi connectivity index (χ3n) is 3.82. The molecule has 0 unspecified atom stereocenters. The number of H-pyrrole nitrogens is 1. The molecule has 3 N–H and O–H groups in total. The monoisotopic (exact) mass is 430 g/mol. The van der Waals surface area contributed by atoms with E-state index in [4.69, 9.17) is 9.47 Å². The molecule has 0 aliphatic heterocycles. The molecule has 2 amide bonds. The molecule has 2 aromatic rings. The largest absolute Gasteiger partial charge is 0.459 e. The fourth-order valence-electron chi connectivity index (χ4n) is 2.44. The standard InChI is InChI=1S/C21H26N4O6/c1-13(20(29)30-11-14-8-6-5-7-9-14)25-19(28)17-16(23-12-24-17)18(27)22-10-15(26)31-21(2,3)4/h5-9,12-13H,10-11H2,1-4H3,(H,22,27)(H,23,24)(H,25,28)/t13-/m0/s1. The quantitative estimate of drug-likeness (QED) is 0.537. The number of carbonyl (C=O) groups excluding carboxylic acids is 4. The van der Waals surface area contributed by atoms with Crippen LogP contribution in [0.2, 0.25) is 0 Å². The molecule has 0 saturated heterocycles. The minimum Gasteiger partial charge on any atom is -0.459 e. The summed E-state index contributed by atoms with van der Waals surface area (Å²) in [4.78, 5) is 55.1. The van der Waals surface area contributed by atoms with Crippen LogP contribution in [0, 0.1) is 0 Å². The van der Waals surface area contributed by atoms with Crippen molar-refractivity contribution in [3.8, 4) is 0 Å². The van der Waals surface area contributed by atoms with Gasteiger partial charge in [0.2, 0.25) is 0 Å². The van der Waals surface area contributed by atoms with E-state index in [0.717, 1.165) is 11.9 Å². The number of aromatic amines is 1. The fraction of sp³-hybridized carbons (Fsp3) is 0.381. The molecule has 0 spiro atoms. The van der Waals surface area contributed by atoms with Crippen LogP contribution in [0.25, 0.3) is 0 Å². The van der Waals surface area contributed by atoms with E-state index in [2.05, 4.69) is 20.6 Å². The first-order valence-electron chi connectivity index (χ1n) is 9.61. The van der Waals surface area contributed by atoms with Crippen LogP contribution in [0.5, 0.6) is 0 Å². The first kappa shape index (κ1) is 23.6. The van der Waals surface area contributed by atoms with Gasteiger partial charge in [-0.15, -0.1) is 0 Å². The summed E-state index contributed by atoms with van der Waals surface area (Å²) in [5.41, 5.74) is -0.243. The average Bonchev–Trinajstić information content (AvgIpc) is 3.20. The molecule has 1 atom stereocenters. The number of esters is 2. The van der Waals surface area contributed by atoms with E-state index in [-0.39, 0.29) is 24.5 Å². The van der Waals surface area contributed by atoms with Gasteiger partial charge in [-0.25, -0.2) is 9.78 Å². The van der Waals surface area contributed by atoms with Crippen LogP contribution in [0.4, 0.5) is 0 Å². The smallest absolute Gasteiger partial charge is 0.328 e. The summed E-state index contributed by atoms with van der Waals surface area (Å²) in [6.45, 7) is 6.27. The SMILES string of the molecule is C[C@H](NC(=O)c1nc[nH]c1C(=O)NCC(=O)OC(C)(C)C)C(=O)OCc1ccccc1. The highest BCUT2D eigenvalue weighted by Gasteiger charge is 2.25. The minimum absolute atomic E-state index is 0.0700. The van der Waals surface area contributed by atoms with Gasteiger partial charge < -0.3 is 25.1 Å². The normalized spacial score (nSPS) is 11.9. The van der Waals surface area contributed by atoms with Crippen molar-refractivity contribution >= 4 is 23.8 Å². The number of ether oxygens (including phenoxy) is 2. The highest BCUT2D eigenvalue weighted by molar-refractivity contribution is 6.06. The molecule has 0 saturated carbocycles. The number of hydrogen-bond acceptors (Lipinski definition) is 7. The van der Waals surface area contributed by atoms with Gasteiger partial charge in [0.25, 0.3) is 11.8 Å². The van der Waals surface area contributed by atoms with Crippen molar-refractivity contribution in [2.75, 3.05) is 6.54 Å². The Balaban J connectivity index is 1.90. The van der Waals surface area contributed by atoms with Gasteiger partial charge in [-0.2, -0.15) is 0 Å². The molecular formula is C21H26N4O6. The number of nitrogens with zero attached hydrogens (tertiary/aromatic N) is 1. The summed E-state index contributed by atoms with van der Waals surface area (Å²) >= 11 is 0. The van der Waals surface area contributed by atoms with Gasteiger partial charge in [-0.1, -0.05) is 30.3 Å². The second kappa shape index (κ2) is 10.4. The van der Waals surface area contributed by atoms with Gasteiger partial charge in [0.1, 0.15) is 30.5 Å². The summed E-state index contributed by atoms with van der Waals surface area (Å²) in [6.07, 6.45) is 1.16. The van der Waals surface area contributed by atoms with Crippen molar-refractivity contribution in [1.29, 1.82) is 0 Å². The second-order valence-electron chi connectivity index (χ2n) is 7.68. The fourth-order valence-corrected chi connectivity index (χ4v) is 2.44. The first-order chi connectivity index (χ1) is 14.6. The highest BCUT2D eigenvalue weighted by Crippen LogP contribution is 2.07. The lowest BCUT2D eigenvalue weighted by Crippen LogP contribution is -2.41. The van der Waals surface area contributed by atoms with E-state index >= 15 is 0 Å². The maximum absolute atomic E-state index is 12.5. The number of rotatable bonds is 8. The predicted molar refractivity (Wildman–Crippen MR) is 110 cm³/mol. The Morgan fingerprint density at radius 2 is 1.77 bits per heavy atom.